The molecule has 2 aromatic rings. The zero-order valence-corrected chi connectivity index (χ0v) is 12.0. The molecule has 0 amide bonds. The molecule has 0 fully saturated rings. The van der Waals surface area contributed by atoms with E-state index in [2.05, 4.69) is 24.4 Å². The van der Waals surface area contributed by atoms with Crippen LogP contribution in [0.4, 0.5) is 5.69 Å². The fraction of sp³-hybridized carbons (Fsp3) is 0.250. The van der Waals surface area contributed by atoms with Crippen LogP contribution in [0.2, 0.25) is 5.02 Å². The Morgan fingerprint density at radius 2 is 1.84 bits per heavy atom. The Labute approximate surface area is 119 Å². The Balaban J connectivity index is 1.82. The molecule has 0 aromatic heterocycles. The topological polar surface area (TPSA) is 21.3 Å². The predicted molar refractivity (Wildman–Crippen MR) is 81.4 cm³/mol. The summed E-state index contributed by atoms with van der Waals surface area (Å²) in [7, 11) is 0. The van der Waals surface area contributed by atoms with Crippen molar-refractivity contribution in [3.63, 3.8) is 0 Å². The summed E-state index contributed by atoms with van der Waals surface area (Å²) in [5.41, 5.74) is 3.50. The number of benzene rings is 2. The molecule has 3 heteroatoms. The van der Waals surface area contributed by atoms with Crippen LogP contribution in [-0.4, -0.2) is 13.2 Å². The van der Waals surface area contributed by atoms with Crippen molar-refractivity contribution >= 4 is 17.3 Å². The molecule has 2 nitrogen and oxygen atoms in total. The summed E-state index contributed by atoms with van der Waals surface area (Å²) >= 11 is 6.07. The third-order valence-corrected chi connectivity index (χ3v) is 3.11. The largest absolute Gasteiger partial charge is 0.490 e. The smallest absolute Gasteiger partial charge is 0.138 e. The maximum Gasteiger partial charge on any atom is 0.138 e. The van der Waals surface area contributed by atoms with Crippen LogP contribution in [0.5, 0.6) is 5.75 Å². The van der Waals surface area contributed by atoms with Gasteiger partial charge in [-0.2, -0.15) is 0 Å². The molecule has 0 aliphatic heterocycles. The van der Waals surface area contributed by atoms with Gasteiger partial charge in [0.2, 0.25) is 0 Å². The van der Waals surface area contributed by atoms with Crippen LogP contribution in [0.1, 0.15) is 11.1 Å². The van der Waals surface area contributed by atoms with E-state index < -0.39 is 0 Å². The average molecular weight is 276 g/mol. The lowest BCUT2D eigenvalue weighted by Gasteiger charge is -2.10. The molecule has 0 atom stereocenters. The fourth-order valence-electron chi connectivity index (χ4n) is 1.83. The van der Waals surface area contributed by atoms with Crippen molar-refractivity contribution in [2.45, 2.75) is 13.8 Å². The van der Waals surface area contributed by atoms with E-state index in [-0.39, 0.29) is 0 Å². The molecule has 1 N–H and O–H groups in total. The Morgan fingerprint density at radius 1 is 1.05 bits per heavy atom. The van der Waals surface area contributed by atoms with Gasteiger partial charge in [-0.1, -0.05) is 29.8 Å². The second-order valence-corrected chi connectivity index (χ2v) is 4.99. The van der Waals surface area contributed by atoms with Crippen LogP contribution in [0, 0.1) is 13.8 Å². The van der Waals surface area contributed by atoms with Crippen molar-refractivity contribution in [3.8, 4) is 5.75 Å². The molecule has 0 saturated carbocycles. The van der Waals surface area contributed by atoms with E-state index in [1.807, 2.05) is 37.3 Å². The zero-order chi connectivity index (χ0) is 13.7. The third kappa shape index (κ3) is 4.18. The second-order valence-electron chi connectivity index (χ2n) is 4.58. The van der Waals surface area contributed by atoms with E-state index in [1.54, 1.807) is 0 Å². The number of nitrogens with one attached hydrogen (secondary N) is 1. The number of ether oxygens (including phenoxy) is 1. The highest BCUT2D eigenvalue weighted by atomic mass is 35.5. The quantitative estimate of drug-likeness (QED) is 0.814. The maximum absolute atomic E-state index is 6.07. The number of anilines is 1. The first-order valence-electron chi connectivity index (χ1n) is 6.34. The van der Waals surface area contributed by atoms with Gasteiger partial charge in [-0.05, 0) is 49.2 Å². The van der Waals surface area contributed by atoms with Gasteiger partial charge < -0.3 is 10.1 Å². The second kappa shape index (κ2) is 6.48. The van der Waals surface area contributed by atoms with Crippen LogP contribution in [-0.2, 0) is 0 Å². The minimum Gasteiger partial charge on any atom is -0.490 e. The Hall–Kier alpha value is -1.67. The SMILES string of the molecule is Cc1cccc(NCCOc2cc(C)ccc2Cl)c1. The van der Waals surface area contributed by atoms with Gasteiger partial charge in [0.15, 0.2) is 0 Å². The van der Waals surface area contributed by atoms with Gasteiger partial charge in [0, 0.05) is 12.2 Å². The number of hydrogen-bond donors (Lipinski definition) is 1. The van der Waals surface area contributed by atoms with Gasteiger partial charge in [0.25, 0.3) is 0 Å². The number of aryl methyl sites for hydroxylation is 2. The zero-order valence-electron chi connectivity index (χ0n) is 11.2. The standard InChI is InChI=1S/C16H18ClNO/c1-12-4-3-5-14(10-12)18-8-9-19-16-11-13(2)6-7-15(16)17/h3-7,10-11,18H,8-9H2,1-2H3. The van der Waals surface area contributed by atoms with Gasteiger partial charge in [0.05, 0.1) is 5.02 Å². The summed E-state index contributed by atoms with van der Waals surface area (Å²) < 4.78 is 5.68. The Bertz CT molecular complexity index is 554. The van der Waals surface area contributed by atoms with Crippen LogP contribution in [0.25, 0.3) is 0 Å². The van der Waals surface area contributed by atoms with Crippen LogP contribution in [0.15, 0.2) is 42.5 Å². The monoisotopic (exact) mass is 275 g/mol. The summed E-state index contributed by atoms with van der Waals surface area (Å²) in [6.45, 7) is 5.42. The highest BCUT2D eigenvalue weighted by Crippen LogP contribution is 2.25. The van der Waals surface area contributed by atoms with Gasteiger partial charge in [0.1, 0.15) is 12.4 Å². The van der Waals surface area contributed by atoms with Crippen molar-refractivity contribution in [1.82, 2.24) is 0 Å². The Kier molecular flexibility index (Phi) is 4.69. The van der Waals surface area contributed by atoms with E-state index in [0.717, 1.165) is 23.5 Å². The van der Waals surface area contributed by atoms with Crippen molar-refractivity contribution in [2.24, 2.45) is 0 Å². The fourth-order valence-corrected chi connectivity index (χ4v) is 2.00. The van der Waals surface area contributed by atoms with Crippen molar-refractivity contribution < 1.29 is 4.74 Å². The van der Waals surface area contributed by atoms with Crippen LogP contribution < -0.4 is 10.1 Å². The van der Waals surface area contributed by atoms with E-state index in [9.17, 15) is 0 Å². The molecule has 100 valence electrons. The summed E-state index contributed by atoms with van der Waals surface area (Å²) in [6, 6.07) is 14.1. The minimum absolute atomic E-state index is 0.580. The van der Waals surface area contributed by atoms with Crippen molar-refractivity contribution in [2.75, 3.05) is 18.5 Å². The summed E-state index contributed by atoms with van der Waals surface area (Å²) in [6.07, 6.45) is 0. The molecule has 0 saturated heterocycles. The van der Waals surface area contributed by atoms with Gasteiger partial charge in [-0.15, -0.1) is 0 Å². The van der Waals surface area contributed by atoms with E-state index >= 15 is 0 Å². The maximum atomic E-state index is 6.07. The minimum atomic E-state index is 0.580. The number of rotatable bonds is 5. The molecular formula is C16H18ClNO. The van der Waals surface area contributed by atoms with Crippen molar-refractivity contribution in [3.05, 3.63) is 58.6 Å². The molecule has 0 heterocycles. The number of hydrogen-bond acceptors (Lipinski definition) is 2. The van der Waals surface area contributed by atoms with E-state index in [4.69, 9.17) is 16.3 Å². The molecule has 0 spiro atoms. The first-order chi connectivity index (χ1) is 9.15. The summed E-state index contributed by atoms with van der Waals surface area (Å²) in [5, 5.41) is 3.98. The molecule has 2 aromatic carbocycles. The highest BCUT2D eigenvalue weighted by Gasteiger charge is 2.01. The molecule has 0 aliphatic rings. The molecule has 2 rings (SSSR count). The highest BCUT2D eigenvalue weighted by molar-refractivity contribution is 6.32. The first kappa shape index (κ1) is 13.8. The normalized spacial score (nSPS) is 10.3. The van der Waals surface area contributed by atoms with Gasteiger partial charge in [-0.25, -0.2) is 0 Å². The molecule has 0 radical (unpaired) electrons. The van der Waals surface area contributed by atoms with E-state index in [0.29, 0.717) is 11.6 Å². The van der Waals surface area contributed by atoms with E-state index in [1.165, 1.54) is 5.56 Å². The first-order valence-corrected chi connectivity index (χ1v) is 6.72. The molecule has 0 aliphatic carbocycles. The molecule has 0 unspecified atom stereocenters. The Morgan fingerprint density at radius 3 is 2.63 bits per heavy atom. The average Bonchev–Trinajstić information content (AvgIpc) is 2.39. The van der Waals surface area contributed by atoms with Crippen LogP contribution in [0.3, 0.4) is 0 Å². The predicted octanol–water partition coefficient (Wildman–Crippen LogP) is 4.45. The lowest BCUT2D eigenvalue weighted by Crippen LogP contribution is -2.11. The molecule has 0 bridgehead atoms. The molecular weight excluding hydrogens is 258 g/mol. The lowest BCUT2D eigenvalue weighted by molar-refractivity contribution is 0.333. The summed E-state index contributed by atoms with van der Waals surface area (Å²) in [4.78, 5) is 0. The van der Waals surface area contributed by atoms with Gasteiger partial charge >= 0.3 is 0 Å². The van der Waals surface area contributed by atoms with Crippen molar-refractivity contribution in [1.29, 1.82) is 0 Å². The molecule has 19 heavy (non-hydrogen) atoms. The van der Waals surface area contributed by atoms with Crippen LogP contribution >= 0.6 is 11.6 Å². The third-order valence-electron chi connectivity index (χ3n) is 2.79. The van der Waals surface area contributed by atoms with Gasteiger partial charge in [-0.3, -0.25) is 0 Å². The summed E-state index contributed by atoms with van der Waals surface area (Å²) in [5.74, 6) is 0.743. The lowest BCUT2D eigenvalue weighted by atomic mass is 10.2. The number of halogens is 1.